The highest BCUT2D eigenvalue weighted by Gasteiger charge is 2.17. The monoisotopic (exact) mass is 257 g/mol. The smallest absolute Gasteiger partial charge is 0.254 e. The molecule has 0 atom stereocenters. The summed E-state index contributed by atoms with van der Waals surface area (Å²) < 4.78 is 25.7. The van der Waals surface area contributed by atoms with Crippen LogP contribution in [0.15, 0.2) is 23.4 Å². The fourth-order valence-corrected chi connectivity index (χ4v) is 1.37. The molecular weight excluding hydrogens is 244 g/mol. The molecule has 0 spiro atoms. The molecule has 5 nitrogen and oxygen atoms in total. The molecule has 7 heteroatoms. The Morgan fingerprint density at radius 1 is 1.44 bits per heavy atom. The Morgan fingerprint density at radius 2 is 2.11 bits per heavy atom. The van der Waals surface area contributed by atoms with Gasteiger partial charge in [-0.3, -0.25) is 4.79 Å². The van der Waals surface area contributed by atoms with Crippen LogP contribution in [0, 0.1) is 11.6 Å². The van der Waals surface area contributed by atoms with Crippen LogP contribution in [0.2, 0.25) is 0 Å². The first kappa shape index (κ1) is 13.9. The van der Waals surface area contributed by atoms with Gasteiger partial charge in [0, 0.05) is 12.1 Å². The molecule has 0 saturated carbocycles. The van der Waals surface area contributed by atoms with Gasteiger partial charge in [-0.2, -0.15) is 0 Å². The quantitative estimate of drug-likeness (QED) is 0.368. The van der Waals surface area contributed by atoms with Gasteiger partial charge >= 0.3 is 0 Å². The highest BCUT2D eigenvalue weighted by atomic mass is 19.2. The van der Waals surface area contributed by atoms with Gasteiger partial charge in [0.2, 0.25) is 0 Å². The van der Waals surface area contributed by atoms with E-state index in [1.54, 1.807) is 6.92 Å². The summed E-state index contributed by atoms with van der Waals surface area (Å²) >= 11 is 0. The van der Waals surface area contributed by atoms with Crippen LogP contribution in [0.4, 0.5) is 8.78 Å². The van der Waals surface area contributed by atoms with Crippen molar-refractivity contribution in [3.63, 3.8) is 0 Å². The number of amidine groups is 1. The van der Waals surface area contributed by atoms with Crippen LogP contribution in [0.25, 0.3) is 0 Å². The largest absolute Gasteiger partial charge is 0.409 e. The van der Waals surface area contributed by atoms with Crippen LogP contribution >= 0.6 is 0 Å². The first-order valence-corrected chi connectivity index (χ1v) is 5.20. The normalized spacial score (nSPS) is 11.4. The number of likely N-dealkylation sites (N-methyl/N-ethyl adjacent to an activating group) is 1. The maximum absolute atomic E-state index is 13.0. The SMILES string of the molecule is CCN(CC(N)=NO)C(=O)c1ccc(F)c(F)c1. The fraction of sp³-hybridized carbons (Fsp3) is 0.273. The minimum atomic E-state index is -1.10. The lowest BCUT2D eigenvalue weighted by Gasteiger charge is -2.20. The molecule has 0 radical (unpaired) electrons. The molecule has 1 amide bonds. The molecule has 0 fully saturated rings. The number of rotatable bonds is 4. The fourth-order valence-electron chi connectivity index (χ4n) is 1.37. The molecule has 1 aromatic rings. The van der Waals surface area contributed by atoms with E-state index in [-0.39, 0.29) is 24.5 Å². The zero-order valence-electron chi connectivity index (χ0n) is 9.73. The Bertz CT molecular complexity index is 477. The van der Waals surface area contributed by atoms with E-state index in [1.165, 1.54) is 11.0 Å². The molecule has 98 valence electrons. The molecule has 0 unspecified atom stereocenters. The van der Waals surface area contributed by atoms with Gasteiger partial charge in [-0.25, -0.2) is 8.78 Å². The molecule has 3 N–H and O–H groups in total. The maximum Gasteiger partial charge on any atom is 0.254 e. The Hall–Kier alpha value is -2.18. The average Bonchev–Trinajstić information content (AvgIpc) is 2.38. The number of hydrogen-bond acceptors (Lipinski definition) is 3. The highest BCUT2D eigenvalue weighted by molar-refractivity contribution is 5.97. The van der Waals surface area contributed by atoms with Crippen LogP contribution < -0.4 is 5.73 Å². The molecule has 0 aliphatic heterocycles. The first-order chi connectivity index (χ1) is 8.49. The second-order valence-corrected chi connectivity index (χ2v) is 3.54. The molecule has 0 aromatic heterocycles. The van der Waals surface area contributed by atoms with E-state index in [0.717, 1.165) is 12.1 Å². The molecule has 0 bridgehead atoms. The van der Waals surface area contributed by atoms with E-state index < -0.39 is 17.5 Å². The predicted octanol–water partition coefficient (Wildman–Crippen LogP) is 1.17. The number of benzene rings is 1. The van der Waals surface area contributed by atoms with Crippen molar-refractivity contribution in [2.45, 2.75) is 6.92 Å². The van der Waals surface area contributed by atoms with Crippen LogP contribution in [0.1, 0.15) is 17.3 Å². The van der Waals surface area contributed by atoms with Crippen molar-refractivity contribution in [2.75, 3.05) is 13.1 Å². The number of carbonyl (C=O) groups excluding carboxylic acids is 1. The zero-order valence-corrected chi connectivity index (χ0v) is 9.73. The van der Waals surface area contributed by atoms with Crippen LogP contribution in [-0.4, -0.2) is 34.9 Å². The Morgan fingerprint density at radius 3 is 2.61 bits per heavy atom. The van der Waals surface area contributed by atoms with Crippen molar-refractivity contribution in [2.24, 2.45) is 10.9 Å². The molecule has 0 aliphatic carbocycles. The standard InChI is InChI=1S/C11H13F2N3O2/c1-2-16(6-10(14)15-18)11(17)7-3-4-8(12)9(13)5-7/h3-5,18H,2,6H2,1H3,(H2,14,15). The Balaban J connectivity index is 2.93. The third kappa shape index (κ3) is 3.16. The van der Waals surface area contributed by atoms with E-state index in [1.807, 2.05) is 0 Å². The number of hydrogen-bond donors (Lipinski definition) is 2. The number of carbonyl (C=O) groups is 1. The minimum absolute atomic E-state index is 0.00138. The Labute approximate surface area is 102 Å². The lowest BCUT2D eigenvalue weighted by atomic mass is 10.2. The van der Waals surface area contributed by atoms with Crippen molar-refractivity contribution in [3.05, 3.63) is 35.4 Å². The summed E-state index contributed by atoms with van der Waals surface area (Å²) in [5.41, 5.74) is 5.29. The number of halogens is 2. The topological polar surface area (TPSA) is 78.9 Å². The molecule has 0 aliphatic rings. The molecule has 0 heterocycles. The van der Waals surface area contributed by atoms with Crippen LogP contribution in [-0.2, 0) is 0 Å². The van der Waals surface area contributed by atoms with Gasteiger partial charge in [-0.15, -0.1) is 0 Å². The maximum atomic E-state index is 13.0. The van der Waals surface area contributed by atoms with Crippen molar-refractivity contribution < 1.29 is 18.8 Å². The van der Waals surface area contributed by atoms with Gasteiger partial charge in [0.15, 0.2) is 17.5 Å². The average molecular weight is 257 g/mol. The summed E-state index contributed by atoms with van der Waals surface area (Å²) in [4.78, 5) is 13.2. The lowest BCUT2D eigenvalue weighted by Crippen LogP contribution is -2.38. The molecule has 1 aromatic carbocycles. The highest BCUT2D eigenvalue weighted by Crippen LogP contribution is 2.11. The van der Waals surface area contributed by atoms with Gasteiger partial charge in [-0.1, -0.05) is 5.16 Å². The Kier molecular flexibility index (Phi) is 4.59. The van der Waals surface area contributed by atoms with Gasteiger partial charge in [0.25, 0.3) is 5.91 Å². The predicted molar refractivity (Wildman–Crippen MR) is 61.3 cm³/mol. The second-order valence-electron chi connectivity index (χ2n) is 3.54. The number of nitrogens with zero attached hydrogens (tertiary/aromatic N) is 2. The molecule has 18 heavy (non-hydrogen) atoms. The summed E-state index contributed by atoms with van der Waals surface area (Å²) in [6.45, 7) is 1.88. The van der Waals surface area contributed by atoms with Crippen LogP contribution in [0.3, 0.4) is 0 Å². The number of oxime groups is 1. The van der Waals surface area contributed by atoms with Gasteiger partial charge in [0.1, 0.15) is 0 Å². The lowest BCUT2D eigenvalue weighted by molar-refractivity contribution is 0.0785. The van der Waals surface area contributed by atoms with Crippen molar-refractivity contribution >= 4 is 11.7 Å². The number of amides is 1. The van der Waals surface area contributed by atoms with Gasteiger partial charge in [0.05, 0.1) is 6.54 Å². The van der Waals surface area contributed by atoms with Crippen molar-refractivity contribution in [3.8, 4) is 0 Å². The van der Waals surface area contributed by atoms with E-state index in [9.17, 15) is 13.6 Å². The van der Waals surface area contributed by atoms with Crippen molar-refractivity contribution in [1.29, 1.82) is 0 Å². The minimum Gasteiger partial charge on any atom is -0.409 e. The summed E-state index contributed by atoms with van der Waals surface area (Å²) in [5.74, 6) is -2.79. The second kappa shape index (κ2) is 5.95. The van der Waals surface area contributed by atoms with E-state index in [2.05, 4.69) is 5.16 Å². The van der Waals surface area contributed by atoms with E-state index in [0.29, 0.717) is 0 Å². The third-order valence-electron chi connectivity index (χ3n) is 2.32. The van der Waals surface area contributed by atoms with Gasteiger partial charge < -0.3 is 15.8 Å². The molecule has 0 saturated heterocycles. The molecule has 1 rings (SSSR count). The summed E-state index contributed by atoms with van der Waals surface area (Å²) in [6.07, 6.45) is 0. The summed E-state index contributed by atoms with van der Waals surface area (Å²) in [7, 11) is 0. The molecular formula is C11H13F2N3O2. The zero-order chi connectivity index (χ0) is 13.7. The van der Waals surface area contributed by atoms with E-state index in [4.69, 9.17) is 10.9 Å². The van der Waals surface area contributed by atoms with Crippen LogP contribution in [0.5, 0.6) is 0 Å². The van der Waals surface area contributed by atoms with Gasteiger partial charge in [-0.05, 0) is 25.1 Å². The number of nitrogens with two attached hydrogens (primary N) is 1. The van der Waals surface area contributed by atoms with E-state index >= 15 is 0 Å². The third-order valence-corrected chi connectivity index (χ3v) is 2.32. The van der Waals surface area contributed by atoms with Crippen molar-refractivity contribution in [1.82, 2.24) is 4.90 Å². The summed E-state index contributed by atoms with van der Waals surface area (Å²) in [6, 6.07) is 2.86. The first-order valence-electron chi connectivity index (χ1n) is 5.20. The summed E-state index contributed by atoms with van der Waals surface area (Å²) in [5, 5.41) is 11.2.